The molecule has 23 heavy (non-hydrogen) atoms. The SMILES string of the molecule is Cc1ccc2c(COc3ccc(Cl)cc3Br)cc(=O)oc2c1C. The molecule has 0 saturated carbocycles. The number of hydrogen-bond donors (Lipinski definition) is 0. The van der Waals surface area contributed by atoms with Gasteiger partial charge in [-0.25, -0.2) is 4.79 Å². The summed E-state index contributed by atoms with van der Waals surface area (Å²) in [4.78, 5) is 11.8. The first kappa shape index (κ1) is 16.1. The third kappa shape index (κ3) is 3.28. The number of rotatable bonds is 3. The zero-order valence-corrected chi connectivity index (χ0v) is 15.0. The number of benzene rings is 2. The maximum absolute atomic E-state index is 11.8. The summed E-state index contributed by atoms with van der Waals surface area (Å²) >= 11 is 9.34. The van der Waals surface area contributed by atoms with Crippen LogP contribution in [0.1, 0.15) is 16.7 Å². The summed E-state index contributed by atoms with van der Waals surface area (Å²) in [5.74, 6) is 0.666. The molecule has 0 aliphatic carbocycles. The number of aryl methyl sites for hydroxylation is 2. The van der Waals surface area contributed by atoms with Crippen molar-refractivity contribution >= 4 is 38.5 Å². The van der Waals surface area contributed by atoms with Crippen molar-refractivity contribution in [1.82, 2.24) is 0 Å². The maximum Gasteiger partial charge on any atom is 0.336 e. The fourth-order valence-electron chi connectivity index (χ4n) is 2.39. The molecular weight excluding hydrogens is 380 g/mol. The van der Waals surface area contributed by atoms with Gasteiger partial charge in [-0.2, -0.15) is 0 Å². The quantitative estimate of drug-likeness (QED) is 0.559. The lowest BCUT2D eigenvalue weighted by Crippen LogP contribution is -2.05. The summed E-state index contributed by atoms with van der Waals surface area (Å²) < 4.78 is 12.0. The van der Waals surface area contributed by atoms with Crippen molar-refractivity contribution in [2.24, 2.45) is 0 Å². The first-order valence-corrected chi connectivity index (χ1v) is 8.23. The minimum Gasteiger partial charge on any atom is -0.488 e. The van der Waals surface area contributed by atoms with Crippen molar-refractivity contribution < 1.29 is 9.15 Å². The second kappa shape index (κ2) is 6.38. The molecule has 5 heteroatoms. The lowest BCUT2D eigenvalue weighted by Gasteiger charge is -2.11. The maximum atomic E-state index is 11.8. The molecule has 0 N–H and O–H groups in total. The van der Waals surface area contributed by atoms with Gasteiger partial charge in [0, 0.05) is 22.0 Å². The fraction of sp³-hybridized carbons (Fsp3) is 0.167. The van der Waals surface area contributed by atoms with Crippen molar-refractivity contribution in [2.45, 2.75) is 20.5 Å². The van der Waals surface area contributed by atoms with Crippen molar-refractivity contribution in [3.63, 3.8) is 0 Å². The summed E-state index contributed by atoms with van der Waals surface area (Å²) in [6.07, 6.45) is 0. The van der Waals surface area contributed by atoms with Crippen LogP contribution in [0.2, 0.25) is 5.02 Å². The van der Waals surface area contributed by atoms with Crippen LogP contribution in [-0.4, -0.2) is 0 Å². The first-order valence-electron chi connectivity index (χ1n) is 7.06. The average Bonchev–Trinajstić information content (AvgIpc) is 2.50. The highest BCUT2D eigenvalue weighted by atomic mass is 79.9. The molecule has 0 saturated heterocycles. The number of hydrogen-bond acceptors (Lipinski definition) is 3. The number of ether oxygens (including phenoxy) is 1. The van der Waals surface area contributed by atoms with Crippen LogP contribution in [0.4, 0.5) is 0 Å². The summed E-state index contributed by atoms with van der Waals surface area (Å²) in [7, 11) is 0. The molecule has 0 radical (unpaired) electrons. The zero-order valence-electron chi connectivity index (χ0n) is 12.7. The molecule has 3 nitrogen and oxygen atoms in total. The molecule has 3 aromatic rings. The summed E-state index contributed by atoms with van der Waals surface area (Å²) in [6, 6.07) is 10.8. The van der Waals surface area contributed by atoms with Crippen molar-refractivity contribution in [3.05, 3.63) is 73.0 Å². The third-order valence-corrected chi connectivity index (χ3v) is 4.65. The monoisotopic (exact) mass is 392 g/mol. The Morgan fingerprint density at radius 3 is 2.70 bits per heavy atom. The molecule has 1 aromatic heterocycles. The molecule has 0 spiro atoms. The van der Waals surface area contributed by atoms with Crippen LogP contribution < -0.4 is 10.4 Å². The molecular formula is C18H14BrClO3. The van der Waals surface area contributed by atoms with E-state index < -0.39 is 0 Å². The van der Waals surface area contributed by atoms with E-state index in [-0.39, 0.29) is 12.2 Å². The van der Waals surface area contributed by atoms with Crippen LogP contribution in [0.3, 0.4) is 0 Å². The Bertz CT molecular complexity index is 947. The van der Waals surface area contributed by atoms with Crippen LogP contribution in [0, 0.1) is 13.8 Å². The first-order chi connectivity index (χ1) is 11.0. The van der Waals surface area contributed by atoms with Crippen LogP contribution in [-0.2, 0) is 6.61 Å². The number of fused-ring (bicyclic) bond motifs is 1. The molecule has 0 aliphatic rings. The largest absolute Gasteiger partial charge is 0.488 e. The molecule has 118 valence electrons. The van der Waals surface area contributed by atoms with Crippen LogP contribution in [0.5, 0.6) is 5.75 Å². The van der Waals surface area contributed by atoms with Gasteiger partial charge in [0.05, 0.1) is 4.47 Å². The molecule has 0 amide bonds. The van der Waals surface area contributed by atoms with E-state index in [0.29, 0.717) is 16.4 Å². The van der Waals surface area contributed by atoms with E-state index in [0.717, 1.165) is 26.5 Å². The van der Waals surface area contributed by atoms with Gasteiger partial charge < -0.3 is 9.15 Å². The highest BCUT2D eigenvalue weighted by molar-refractivity contribution is 9.10. The van der Waals surface area contributed by atoms with Crippen molar-refractivity contribution in [2.75, 3.05) is 0 Å². The van der Waals surface area contributed by atoms with E-state index >= 15 is 0 Å². The molecule has 0 aliphatic heterocycles. The Kier molecular flexibility index (Phi) is 4.46. The van der Waals surface area contributed by atoms with Gasteiger partial charge in [0.15, 0.2) is 0 Å². The molecule has 3 rings (SSSR count). The second-order valence-corrected chi connectivity index (χ2v) is 6.63. The van der Waals surface area contributed by atoms with E-state index in [4.69, 9.17) is 20.8 Å². The minimum absolute atomic E-state index is 0.269. The Morgan fingerprint density at radius 2 is 1.96 bits per heavy atom. The highest BCUT2D eigenvalue weighted by Crippen LogP contribution is 2.30. The van der Waals surface area contributed by atoms with E-state index in [1.165, 1.54) is 6.07 Å². The Labute approximate surface area is 147 Å². The lowest BCUT2D eigenvalue weighted by atomic mass is 10.0. The minimum atomic E-state index is -0.375. The smallest absolute Gasteiger partial charge is 0.336 e. The van der Waals surface area contributed by atoms with Gasteiger partial charge in [0.2, 0.25) is 0 Å². The van der Waals surface area contributed by atoms with Crippen LogP contribution in [0.15, 0.2) is 50.1 Å². The van der Waals surface area contributed by atoms with Crippen molar-refractivity contribution in [3.8, 4) is 5.75 Å². The standard InChI is InChI=1S/C18H14BrClO3/c1-10-3-5-14-12(7-17(21)23-18(14)11(10)2)9-22-16-6-4-13(20)8-15(16)19/h3-8H,9H2,1-2H3. The Hall–Kier alpha value is -1.78. The van der Waals surface area contributed by atoms with E-state index in [9.17, 15) is 4.79 Å². The molecule has 0 unspecified atom stereocenters. The predicted octanol–water partition coefficient (Wildman–Crippen LogP) is 5.40. The molecule has 0 bridgehead atoms. The Morgan fingerprint density at radius 1 is 1.17 bits per heavy atom. The van der Waals surface area contributed by atoms with Gasteiger partial charge in [0.25, 0.3) is 0 Å². The summed E-state index contributed by atoms with van der Waals surface area (Å²) in [6.45, 7) is 4.20. The fourth-order valence-corrected chi connectivity index (χ4v) is 3.19. The van der Waals surface area contributed by atoms with E-state index in [2.05, 4.69) is 15.9 Å². The summed E-state index contributed by atoms with van der Waals surface area (Å²) in [5, 5.41) is 1.51. The van der Waals surface area contributed by atoms with Gasteiger partial charge >= 0.3 is 5.63 Å². The summed E-state index contributed by atoms with van der Waals surface area (Å²) in [5.41, 5.74) is 3.08. The molecule has 0 fully saturated rings. The average molecular weight is 394 g/mol. The molecule has 1 heterocycles. The van der Waals surface area contributed by atoms with E-state index in [1.54, 1.807) is 18.2 Å². The van der Waals surface area contributed by atoms with E-state index in [1.807, 2.05) is 26.0 Å². The van der Waals surface area contributed by atoms with Gasteiger partial charge in [0.1, 0.15) is 17.9 Å². The zero-order chi connectivity index (χ0) is 16.6. The normalized spacial score (nSPS) is 11.0. The third-order valence-electron chi connectivity index (χ3n) is 3.79. The van der Waals surface area contributed by atoms with Gasteiger partial charge in [-0.1, -0.05) is 23.7 Å². The Balaban J connectivity index is 2.00. The predicted molar refractivity (Wildman–Crippen MR) is 95.4 cm³/mol. The second-order valence-electron chi connectivity index (χ2n) is 5.34. The van der Waals surface area contributed by atoms with Crippen molar-refractivity contribution in [1.29, 1.82) is 0 Å². The molecule has 2 aromatic carbocycles. The van der Waals surface area contributed by atoms with Crippen LogP contribution in [0.25, 0.3) is 11.0 Å². The molecule has 0 atom stereocenters. The van der Waals surface area contributed by atoms with Crippen LogP contribution >= 0.6 is 27.5 Å². The lowest BCUT2D eigenvalue weighted by molar-refractivity contribution is 0.304. The van der Waals surface area contributed by atoms with Gasteiger partial charge in [-0.3, -0.25) is 0 Å². The number of halogens is 2. The highest BCUT2D eigenvalue weighted by Gasteiger charge is 2.11. The topological polar surface area (TPSA) is 39.4 Å². The van der Waals surface area contributed by atoms with Gasteiger partial charge in [-0.15, -0.1) is 0 Å². The van der Waals surface area contributed by atoms with Gasteiger partial charge in [-0.05, 0) is 59.1 Å².